The molecule has 0 aliphatic carbocycles. The number of rotatable bonds is 13. The fraction of sp³-hybridized carbons (Fsp3) is 0.567. The van der Waals surface area contributed by atoms with Crippen molar-refractivity contribution in [3.05, 3.63) is 42.0 Å². The summed E-state index contributed by atoms with van der Waals surface area (Å²) in [6.45, 7) is 12.4. The van der Waals surface area contributed by atoms with E-state index in [-0.39, 0.29) is 6.42 Å². The third-order valence-corrected chi connectivity index (χ3v) is 6.27. The Bertz CT molecular complexity index is 1090. The van der Waals surface area contributed by atoms with Crippen LogP contribution in [0.4, 0.5) is 0 Å². The average Bonchev–Trinajstić information content (AvgIpc) is 2.81. The molecule has 2 aromatic carbocycles. The number of fused-ring (bicyclic) bond motifs is 1. The predicted octanol–water partition coefficient (Wildman–Crippen LogP) is 6.50. The van der Waals surface area contributed by atoms with Crippen LogP contribution in [0.1, 0.15) is 92.1 Å². The monoisotopic (exact) mass is 514 g/mol. The van der Waals surface area contributed by atoms with Crippen LogP contribution in [0, 0.1) is 0 Å². The normalized spacial score (nSPS) is 13.5. The van der Waals surface area contributed by atoms with Crippen LogP contribution in [0.25, 0.3) is 10.8 Å². The number of hydrogen-bond acceptors (Lipinski definition) is 7. The molecule has 7 nitrogen and oxygen atoms in total. The van der Waals surface area contributed by atoms with Gasteiger partial charge in [-0.3, -0.25) is 9.59 Å². The Morgan fingerprint density at radius 1 is 0.838 bits per heavy atom. The quantitative estimate of drug-likeness (QED) is 0.171. The first-order valence-electron chi connectivity index (χ1n) is 13.0. The summed E-state index contributed by atoms with van der Waals surface area (Å²) in [4.78, 5) is 38.0. The van der Waals surface area contributed by atoms with E-state index in [0.717, 1.165) is 47.8 Å². The van der Waals surface area contributed by atoms with Gasteiger partial charge in [-0.1, -0.05) is 44.0 Å². The minimum absolute atomic E-state index is 0.102. The molecule has 0 aromatic heterocycles. The van der Waals surface area contributed by atoms with Crippen molar-refractivity contribution in [3.8, 4) is 5.75 Å². The van der Waals surface area contributed by atoms with Crippen LogP contribution in [0.15, 0.2) is 36.4 Å². The van der Waals surface area contributed by atoms with Gasteiger partial charge in [-0.15, -0.1) is 0 Å². The van der Waals surface area contributed by atoms with E-state index in [1.165, 1.54) is 6.92 Å². The Morgan fingerprint density at radius 3 is 2.14 bits per heavy atom. The second-order valence-corrected chi connectivity index (χ2v) is 10.8. The summed E-state index contributed by atoms with van der Waals surface area (Å²) in [5.74, 6) is -1.52. The lowest BCUT2D eigenvalue weighted by Crippen LogP contribution is -2.38. The summed E-state index contributed by atoms with van der Waals surface area (Å²) >= 11 is 0. The first kappa shape index (κ1) is 30.1. The van der Waals surface area contributed by atoms with E-state index in [1.54, 1.807) is 27.9 Å². The molecule has 7 heteroatoms. The molecule has 0 aliphatic heterocycles. The molecule has 0 spiro atoms. The van der Waals surface area contributed by atoms with Gasteiger partial charge >= 0.3 is 17.9 Å². The molecule has 0 bridgehead atoms. The van der Waals surface area contributed by atoms with Crippen molar-refractivity contribution in [2.45, 2.75) is 104 Å². The molecule has 0 heterocycles. The molecule has 0 N–H and O–H groups in total. The number of unbranched alkanes of at least 4 members (excludes halogenated alkanes) is 2. The molecular weight excluding hydrogens is 472 g/mol. The average molecular weight is 515 g/mol. The van der Waals surface area contributed by atoms with Gasteiger partial charge in [0.15, 0.2) is 6.10 Å². The smallest absolute Gasteiger partial charge is 0.347 e. The van der Waals surface area contributed by atoms with Crippen molar-refractivity contribution in [3.63, 3.8) is 0 Å². The highest BCUT2D eigenvalue weighted by Gasteiger charge is 2.33. The summed E-state index contributed by atoms with van der Waals surface area (Å²) in [6.07, 6.45) is 2.69. The summed E-state index contributed by atoms with van der Waals surface area (Å²) in [5.41, 5.74) is -0.924. The number of carbonyl (C=O) groups is 3. The van der Waals surface area contributed by atoms with E-state index in [4.69, 9.17) is 18.9 Å². The molecule has 37 heavy (non-hydrogen) atoms. The number of carbonyl (C=O) groups excluding carboxylic acids is 3. The van der Waals surface area contributed by atoms with E-state index >= 15 is 0 Å². The molecule has 0 radical (unpaired) electrons. The molecule has 0 saturated carbocycles. The fourth-order valence-corrected chi connectivity index (χ4v) is 4.03. The molecule has 0 fully saturated rings. The predicted molar refractivity (Wildman–Crippen MR) is 144 cm³/mol. The van der Waals surface area contributed by atoms with Gasteiger partial charge in [0.1, 0.15) is 17.0 Å². The van der Waals surface area contributed by atoms with Crippen LogP contribution >= 0.6 is 0 Å². The van der Waals surface area contributed by atoms with Gasteiger partial charge in [0.05, 0.1) is 19.4 Å². The van der Waals surface area contributed by atoms with Crippen molar-refractivity contribution >= 4 is 28.7 Å². The first-order chi connectivity index (χ1) is 17.3. The maximum absolute atomic E-state index is 12.8. The second kappa shape index (κ2) is 12.9. The number of benzene rings is 2. The molecule has 0 amide bonds. The van der Waals surface area contributed by atoms with Crippen molar-refractivity contribution in [2.24, 2.45) is 0 Å². The zero-order valence-electron chi connectivity index (χ0n) is 23.5. The van der Waals surface area contributed by atoms with E-state index in [9.17, 15) is 14.4 Å². The van der Waals surface area contributed by atoms with Crippen molar-refractivity contribution in [1.82, 2.24) is 0 Å². The van der Waals surface area contributed by atoms with E-state index in [1.807, 2.05) is 50.2 Å². The van der Waals surface area contributed by atoms with Gasteiger partial charge < -0.3 is 18.9 Å². The molecule has 2 aromatic rings. The summed E-state index contributed by atoms with van der Waals surface area (Å²) < 4.78 is 21.8. The van der Waals surface area contributed by atoms with E-state index in [2.05, 4.69) is 6.92 Å². The van der Waals surface area contributed by atoms with E-state index in [0.29, 0.717) is 0 Å². The van der Waals surface area contributed by atoms with Crippen LogP contribution in [-0.4, -0.2) is 42.3 Å². The number of ether oxygens (including phenoxy) is 4. The lowest BCUT2D eigenvalue weighted by molar-refractivity contribution is -0.180. The zero-order valence-corrected chi connectivity index (χ0v) is 23.5. The topological polar surface area (TPSA) is 88.1 Å². The molecule has 2 rings (SSSR count). The van der Waals surface area contributed by atoms with Crippen molar-refractivity contribution < 1.29 is 33.3 Å². The molecule has 204 valence electrons. The first-order valence-corrected chi connectivity index (χ1v) is 13.0. The van der Waals surface area contributed by atoms with Crippen LogP contribution in [0.2, 0.25) is 0 Å². The Hall–Kier alpha value is -3.09. The Balaban J connectivity index is 1.92. The van der Waals surface area contributed by atoms with E-state index < -0.39 is 41.1 Å². The van der Waals surface area contributed by atoms with Gasteiger partial charge in [0, 0.05) is 0 Å². The van der Waals surface area contributed by atoms with Crippen LogP contribution < -0.4 is 4.74 Å². The van der Waals surface area contributed by atoms with Gasteiger partial charge in [-0.25, -0.2) is 4.79 Å². The highest BCUT2D eigenvalue weighted by atomic mass is 16.6. The lowest BCUT2D eigenvalue weighted by Gasteiger charge is -2.29. The Kier molecular flexibility index (Phi) is 10.5. The fourth-order valence-electron chi connectivity index (χ4n) is 4.03. The van der Waals surface area contributed by atoms with Crippen LogP contribution in [0.5, 0.6) is 5.75 Å². The van der Waals surface area contributed by atoms with Gasteiger partial charge in [0.2, 0.25) is 0 Å². The SMILES string of the molecule is CCCCCC(C)(C)OC(=O)CC(C)(C)OC(=O)C(C)OC(=O)C(C)c1ccc2cc(OC)ccc2c1. The number of hydrogen-bond donors (Lipinski definition) is 0. The maximum Gasteiger partial charge on any atom is 0.347 e. The lowest BCUT2D eigenvalue weighted by atomic mass is 9.98. The molecular formula is C30H42O7. The van der Waals surface area contributed by atoms with Gasteiger partial charge in [-0.05, 0) is 82.9 Å². The standard InChI is InChI=1S/C30H42O7/c1-9-10-11-16-29(4,5)36-26(31)19-30(6,7)37-28(33)21(3)35-27(32)20(2)22-12-13-24-18-25(34-8)15-14-23(24)17-22/h12-15,17-18,20-21H,9-11,16,19H2,1-8H3. The third kappa shape index (κ3) is 9.38. The van der Waals surface area contributed by atoms with Crippen LogP contribution in [-0.2, 0) is 28.6 Å². The van der Waals surface area contributed by atoms with Crippen molar-refractivity contribution in [1.29, 1.82) is 0 Å². The molecule has 0 aliphatic rings. The summed E-state index contributed by atoms with van der Waals surface area (Å²) in [7, 11) is 1.61. The molecule has 2 atom stereocenters. The molecule has 2 unspecified atom stereocenters. The maximum atomic E-state index is 12.8. The third-order valence-electron chi connectivity index (χ3n) is 6.27. The zero-order chi connectivity index (χ0) is 27.8. The molecule has 0 saturated heterocycles. The van der Waals surface area contributed by atoms with Crippen molar-refractivity contribution in [2.75, 3.05) is 7.11 Å². The largest absolute Gasteiger partial charge is 0.497 e. The minimum atomic E-state index is -1.12. The minimum Gasteiger partial charge on any atom is -0.497 e. The van der Waals surface area contributed by atoms with Gasteiger partial charge in [0.25, 0.3) is 0 Å². The Labute approximate surface area is 220 Å². The highest BCUT2D eigenvalue weighted by Crippen LogP contribution is 2.27. The summed E-state index contributed by atoms with van der Waals surface area (Å²) in [5, 5.41) is 1.96. The second-order valence-electron chi connectivity index (χ2n) is 10.8. The van der Waals surface area contributed by atoms with Crippen LogP contribution in [0.3, 0.4) is 0 Å². The number of esters is 3. The Morgan fingerprint density at radius 2 is 1.49 bits per heavy atom. The summed E-state index contributed by atoms with van der Waals surface area (Å²) in [6, 6.07) is 11.4. The van der Waals surface area contributed by atoms with Gasteiger partial charge in [-0.2, -0.15) is 0 Å². The highest BCUT2D eigenvalue weighted by molar-refractivity contribution is 5.87. The number of methoxy groups -OCH3 is 1.